The molecule has 2 aliphatic heterocycles. The van der Waals surface area contributed by atoms with Crippen LogP contribution in [0, 0.1) is 5.92 Å². The summed E-state index contributed by atoms with van der Waals surface area (Å²) in [6.45, 7) is 3.89. The molecule has 1 N–H and O–H groups in total. The van der Waals surface area contributed by atoms with E-state index in [2.05, 4.69) is 24.2 Å². The molecule has 2 aromatic carbocycles. The van der Waals surface area contributed by atoms with Gasteiger partial charge >= 0.3 is 6.09 Å². The predicted molar refractivity (Wildman–Crippen MR) is 105 cm³/mol. The number of piperidine rings is 1. The Kier molecular flexibility index (Phi) is 4.58. The molecular formula is C21H23N3O3. The first kappa shape index (κ1) is 17.5. The van der Waals surface area contributed by atoms with Gasteiger partial charge in [0.25, 0.3) is 5.91 Å². The van der Waals surface area contributed by atoms with Gasteiger partial charge in [-0.05, 0) is 37.7 Å². The summed E-state index contributed by atoms with van der Waals surface area (Å²) < 4.78 is 5.92. The van der Waals surface area contributed by atoms with Crippen LogP contribution in [0.5, 0.6) is 0 Å². The molecule has 140 valence electrons. The lowest BCUT2D eigenvalue weighted by molar-refractivity contribution is 0.0262. The van der Waals surface area contributed by atoms with Crippen molar-refractivity contribution in [3.05, 3.63) is 54.1 Å². The molecule has 0 aromatic heterocycles. The van der Waals surface area contributed by atoms with Crippen LogP contribution in [0.15, 0.2) is 48.5 Å². The normalized spacial score (nSPS) is 22.3. The molecule has 2 unspecified atom stereocenters. The number of nitrogens with zero attached hydrogens (tertiary/aromatic N) is 2. The summed E-state index contributed by atoms with van der Waals surface area (Å²) in [6, 6.07) is 14.4. The van der Waals surface area contributed by atoms with Crippen molar-refractivity contribution < 1.29 is 14.3 Å². The van der Waals surface area contributed by atoms with Crippen molar-refractivity contribution >= 4 is 29.1 Å². The Bertz CT molecular complexity index is 882. The van der Waals surface area contributed by atoms with Crippen LogP contribution in [0.2, 0.25) is 0 Å². The molecule has 0 saturated carbocycles. The van der Waals surface area contributed by atoms with Gasteiger partial charge in [-0.3, -0.25) is 4.79 Å². The van der Waals surface area contributed by atoms with Gasteiger partial charge in [0.15, 0.2) is 0 Å². The molecule has 0 aliphatic carbocycles. The minimum atomic E-state index is -0.451. The second kappa shape index (κ2) is 7.04. The molecule has 2 heterocycles. The van der Waals surface area contributed by atoms with Crippen molar-refractivity contribution in [2.24, 2.45) is 5.92 Å². The highest BCUT2D eigenvalue weighted by molar-refractivity contribution is 6.16. The Morgan fingerprint density at radius 1 is 1.11 bits per heavy atom. The van der Waals surface area contributed by atoms with Gasteiger partial charge in [-0.2, -0.15) is 0 Å². The van der Waals surface area contributed by atoms with E-state index in [0.717, 1.165) is 19.5 Å². The molecule has 2 atom stereocenters. The molecule has 27 heavy (non-hydrogen) atoms. The fraction of sp³-hybridized carbons (Fsp3) is 0.333. The maximum atomic E-state index is 13.2. The third-order valence-corrected chi connectivity index (χ3v) is 5.25. The smallest absolute Gasteiger partial charge is 0.419 e. The van der Waals surface area contributed by atoms with Crippen LogP contribution in [-0.2, 0) is 4.74 Å². The Labute approximate surface area is 158 Å². The van der Waals surface area contributed by atoms with Gasteiger partial charge in [-0.25, -0.2) is 9.69 Å². The van der Waals surface area contributed by atoms with Crippen LogP contribution in [-0.4, -0.2) is 43.1 Å². The van der Waals surface area contributed by atoms with E-state index in [0.29, 0.717) is 22.6 Å². The number of anilines is 3. The second-order valence-corrected chi connectivity index (χ2v) is 7.27. The van der Waals surface area contributed by atoms with Gasteiger partial charge in [0.05, 0.1) is 22.6 Å². The standard InChI is InChI=1S/C21H23N3O3/c1-14-13-23(2)12-11-19(14)27-21(26)24-17-9-5-3-7-15(17)20(25)22-16-8-4-6-10-18(16)24/h3-10,14,19H,11-13H2,1-2H3,(H,22,25). The number of ether oxygens (including phenoxy) is 1. The maximum Gasteiger partial charge on any atom is 0.419 e. The van der Waals surface area contributed by atoms with E-state index in [4.69, 9.17) is 4.74 Å². The highest BCUT2D eigenvalue weighted by atomic mass is 16.6. The largest absolute Gasteiger partial charge is 0.445 e. The molecule has 2 amide bonds. The minimum Gasteiger partial charge on any atom is -0.445 e. The zero-order valence-corrected chi connectivity index (χ0v) is 15.5. The van der Waals surface area contributed by atoms with Crippen LogP contribution in [0.4, 0.5) is 21.9 Å². The van der Waals surface area contributed by atoms with E-state index in [1.165, 1.54) is 4.90 Å². The summed E-state index contributed by atoms with van der Waals surface area (Å²) in [5, 5.41) is 2.89. The third-order valence-electron chi connectivity index (χ3n) is 5.25. The van der Waals surface area contributed by atoms with E-state index in [1.807, 2.05) is 24.3 Å². The number of benzene rings is 2. The van der Waals surface area contributed by atoms with E-state index in [9.17, 15) is 9.59 Å². The van der Waals surface area contributed by atoms with Gasteiger partial charge in [-0.15, -0.1) is 0 Å². The molecule has 2 aromatic rings. The first-order valence-electron chi connectivity index (χ1n) is 9.23. The number of amides is 2. The number of fused-ring (bicyclic) bond motifs is 2. The van der Waals surface area contributed by atoms with Crippen molar-refractivity contribution in [3.8, 4) is 0 Å². The first-order valence-corrected chi connectivity index (χ1v) is 9.23. The summed E-state index contributed by atoms with van der Waals surface area (Å²) in [4.78, 5) is 29.6. The van der Waals surface area contributed by atoms with Gasteiger partial charge in [0.2, 0.25) is 0 Å². The van der Waals surface area contributed by atoms with E-state index < -0.39 is 6.09 Å². The lowest BCUT2D eigenvalue weighted by Crippen LogP contribution is -2.43. The van der Waals surface area contributed by atoms with Crippen LogP contribution in [0.1, 0.15) is 23.7 Å². The number of carbonyl (C=O) groups excluding carboxylic acids is 2. The average Bonchev–Trinajstić information content (AvgIpc) is 2.78. The van der Waals surface area contributed by atoms with Crippen LogP contribution >= 0.6 is 0 Å². The van der Waals surface area contributed by atoms with Crippen LogP contribution < -0.4 is 10.2 Å². The number of hydrogen-bond acceptors (Lipinski definition) is 4. The van der Waals surface area contributed by atoms with E-state index in [-0.39, 0.29) is 17.9 Å². The molecule has 6 heteroatoms. The van der Waals surface area contributed by atoms with E-state index in [1.54, 1.807) is 24.3 Å². The highest BCUT2D eigenvalue weighted by Crippen LogP contribution is 2.38. The first-order chi connectivity index (χ1) is 13.0. The number of carbonyl (C=O) groups is 2. The van der Waals surface area contributed by atoms with Crippen molar-refractivity contribution in [3.63, 3.8) is 0 Å². The number of para-hydroxylation sites is 3. The number of hydrogen-bond donors (Lipinski definition) is 1. The molecule has 4 rings (SSSR count). The maximum absolute atomic E-state index is 13.2. The summed E-state index contributed by atoms with van der Waals surface area (Å²) >= 11 is 0. The van der Waals surface area contributed by atoms with Crippen molar-refractivity contribution in [2.75, 3.05) is 30.4 Å². The number of likely N-dealkylation sites (tertiary alicyclic amines) is 1. The van der Waals surface area contributed by atoms with Gasteiger partial charge in [0, 0.05) is 19.0 Å². The van der Waals surface area contributed by atoms with Crippen LogP contribution in [0.25, 0.3) is 0 Å². The Hall–Kier alpha value is -2.86. The Morgan fingerprint density at radius 2 is 1.81 bits per heavy atom. The van der Waals surface area contributed by atoms with Gasteiger partial charge in [0.1, 0.15) is 6.10 Å². The Morgan fingerprint density at radius 3 is 2.59 bits per heavy atom. The number of rotatable bonds is 1. The summed E-state index contributed by atoms with van der Waals surface area (Å²) in [7, 11) is 2.08. The summed E-state index contributed by atoms with van der Waals surface area (Å²) in [6.07, 6.45) is 0.213. The molecule has 0 spiro atoms. The van der Waals surface area contributed by atoms with Crippen LogP contribution in [0.3, 0.4) is 0 Å². The zero-order valence-electron chi connectivity index (χ0n) is 15.5. The van der Waals surface area contributed by atoms with Crippen molar-refractivity contribution in [1.82, 2.24) is 4.90 Å². The molecule has 1 saturated heterocycles. The fourth-order valence-corrected chi connectivity index (χ4v) is 3.84. The topological polar surface area (TPSA) is 61.9 Å². The highest BCUT2D eigenvalue weighted by Gasteiger charge is 2.34. The molecule has 0 bridgehead atoms. The van der Waals surface area contributed by atoms with E-state index >= 15 is 0 Å². The van der Waals surface area contributed by atoms with Crippen molar-refractivity contribution in [2.45, 2.75) is 19.4 Å². The molecular weight excluding hydrogens is 342 g/mol. The minimum absolute atomic E-state index is 0.139. The average molecular weight is 365 g/mol. The van der Waals surface area contributed by atoms with Gasteiger partial charge in [-0.1, -0.05) is 31.2 Å². The Balaban J connectivity index is 1.71. The lowest BCUT2D eigenvalue weighted by Gasteiger charge is -2.35. The molecule has 1 fully saturated rings. The predicted octanol–water partition coefficient (Wildman–Crippen LogP) is 3.87. The molecule has 2 aliphatic rings. The lowest BCUT2D eigenvalue weighted by atomic mass is 9.97. The quantitative estimate of drug-likeness (QED) is 0.833. The van der Waals surface area contributed by atoms with Gasteiger partial charge < -0.3 is 15.0 Å². The summed E-state index contributed by atoms with van der Waals surface area (Å²) in [5.41, 5.74) is 2.18. The zero-order chi connectivity index (χ0) is 19.0. The monoisotopic (exact) mass is 365 g/mol. The molecule has 0 radical (unpaired) electrons. The fourth-order valence-electron chi connectivity index (χ4n) is 3.84. The SMILES string of the molecule is CC1CN(C)CCC1OC(=O)N1c2ccccc2NC(=O)c2ccccc21. The number of nitrogens with one attached hydrogen (secondary N) is 1. The van der Waals surface area contributed by atoms with Crippen molar-refractivity contribution in [1.29, 1.82) is 0 Å². The molecule has 6 nitrogen and oxygen atoms in total. The summed E-state index contributed by atoms with van der Waals surface area (Å²) in [5.74, 6) is 0.0194. The third kappa shape index (κ3) is 3.28. The second-order valence-electron chi connectivity index (χ2n) is 7.27.